The van der Waals surface area contributed by atoms with Gasteiger partial charge in [0.15, 0.2) is 6.04 Å². The van der Waals surface area contributed by atoms with Crippen LogP contribution in [0.3, 0.4) is 0 Å². The summed E-state index contributed by atoms with van der Waals surface area (Å²) in [5.41, 5.74) is 8.92. The number of nitrogens with one attached hydrogen (secondary N) is 3. The molecule has 40 heavy (non-hydrogen) atoms. The normalized spacial score (nSPS) is 18.1. The van der Waals surface area contributed by atoms with Crippen molar-refractivity contribution >= 4 is 34.6 Å². The van der Waals surface area contributed by atoms with Crippen molar-refractivity contribution in [3.8, 4) is 0 Å². The summed E-state index contributed by atoms with van der Waals surface area (Å²) in [6.45, 7) is 1.61. The van der Waals surface area contributed by atoms with Gasteiger partial charge in [0.25, 0.3) is 0 Å². The van der Waals surface area contributed by atoms with E-state index in [4.69, 9.17) is 5.73 Å². The fourth-order valence-electron chi connectivity index (χ4n) is 5.11. The smallest absolute Gasteiger partial charge is 0.328 e. The summed E-state index contributed by atoms with van der Waals surface area (Å²) in [5.74, 6) is -3.03. The zero-order valence-corrected chi connectivity index (χ0v) is 22.2. The van der Waals surface area contributed by atoms with E-state index in [0.29, 0.717) is 25.8 Å². The van der Waals surface area contributed by atoms with E-state index in [1.165, 1.54) is 11.8 Å². The number of hydrogen-bond acceptors (Lipinski definition) is 6. The van der Waals surface area contributed by atoms with Crippen molar-refractivity contribution in [1.29, 1.82) is 0 Å². The summed E-state index contributed by atoms with van der Waals surface area (Å²) in [6.07, 6.45) is 1.87. The van der Waals surface area contributed by atoms with Gasteiger partial charge in [0.05, 0.1) is 12.1 Å². The molecule has 2 aromatic carbocycles. The molecule has 11 nitrogen and oxygen atoms in total. The van der Waals surface area contributed by atoms with E-state index in [9.17, 15) is 29.4 Å². The number of hydrogen-bond donors (Lipinski definition) is 6. The number of carbonyl (C=O) groups excluding carboxylic acids is 3. The van der Waals surface area contributed by atoms with Gasteiger partial charge in [0.1, 0.15) is 12.1 Å². The average molecular weight is 550 g/mol. The number of rotatable bonds is 11. The van der Waals surface area contributed by atoms with Gasteiger partial charge in [-0.3, -0.25) is 14.4 Å². The highest BCUT2D eigenvalue weighted by Crippen LogP contribution is 2.22. The highest BCUT2D eigenvalue weighted by molar-refractivity contribution is 5.95. The lowest BCUT2D eigenvalue weighted by Crippen LogP contribution is -2.58. The number of fused-ring (bicyclic) bond motifs is 1. The molecule has 0 aliphatic carbocycles. The number of carbonyl (C=O) groups is 4. The standard InChI is InChI=1S/C29H35N5O6/c1-17(35)25(29(39)40)33-26(36)23(14-18-8-3-2-4-9-18)32-27(37)24-12-7-13-34(24)28(38)21(30)15-19-16-31-22-11-6-5-10-20(19)22/h2-6,8-11,16-17,21,23-25,31,35H,7,12-15,30H2,1H3,(H,32,37)(H,33,36)(H,39,40). The molecule has 5 unspecified atom stereocenters. The van der Waals surface area contributed by atoms with E-state index in [1.54, 1.807) is 24.3 Å². The highest BCUT2D eigenvalue weighted by atomic mass is 16.4. The first-order chi connectivity index (χ1) is 19.2. The van der Waals surface area contributed by atoms with Crippen LogP contribution in [-0.4, -0.2) is 80.6 Å². The maximum absolute atomic E-state index is 13.4. The SMILES string of the molecule is CC(O)C(NC(=O)C(Cc1ccccc1)NC(=O)C1CCCN1C(=O)C(N)Cc1c[nH]c2ccccc12)C(=O)O. The molecule has 7 N–H and O–H groups in total. The van der Waals surface area contributed by atoms with Crippen molar-refractivity contribution < 1.29 is 29.4 Å². The second-order valence-corrected chi connectivity index (χ2v) is 10.2. The molecule has 0 spiro atoms. The second kappa shape index (κ2) is 12.8. The number of para-hydroxylation sites is 1. The molecule has 11 heteroatoms. The number of nitrogens with two attached hydrogens (primary N) is 1. The van der Waals surface area contributed by atoms with Crippen LogP contribution >= 0.6 is 0 Å². The Morgan fingerprint density at radius 2 is 1.75 bits per heavy atom. The number of benzene rings is 2. The number of aliphatic hydroxyl groups excluding tert-OH is 1. The minimum Gasteiger partial charge on any atom is -0.480 e. The predicted molar refractivity (Wildman–Crippen MR) is 148 cm³/mol. The van der Waals surface area contributed by atoms with Crippen LogP contribution in [0.1, 0.15) is 30.9 Å². The number of likely N-dealkylation sites (tertiary alicyclic amines) is 1. The number of aliphatic carboxylic acids is 1. The lowest BCUT2D eigenvalue weighted by Gasteiger charge is -2.29. The van der Waals surface area contributed by atoms with Crippen molar-refractivity contribution in [2.45, 2.75) is 62.9 Å². The van der Waals surface area contributed by atoms with Gasteiger partial charge < -0.3 is 36.5 Å². The van der Waals surface area contributed by atoms with Crippen LogP contribution in [0.2, 0.25) is 0 Å². The van der Waals surface area contributed by atoms with Gasteiger partial charge in [0.2, 0.25) is 17.7 Å². The van der Waals surface area contributed by atoms with Gasteiger partial charge in [-0.05, 0) is 43.4 Å². The summed E-state index contributed by atoms with van der Waals surface area (Å²) in [5, 5.41) is 25.2. The summed E-state index contributed by atoms with van der Waals surface area (Å²) in [7, 11) is 0. The zero-order chi connectivity index (χ0) is 28.8. The quantitative estimate of drug-likeness (QED) is 0.204. The molecule has 1 fully saturated rings. The van der Waals surface area contributed by atoms with E-state index in [1.807, 2.05) is 36.5 Å². The maximum Gasteiger partial charge on any atom is 0.328 e. The molecular formula is C29H35N5O6. The Balaban J connectivity index is 1.47. The van der Waals surface area contributed by atoms with Crippen molar-refractivity contribution in [1.82, 2.24) is 20.5 Å². The molecule has 1 saturated heterocycles. The number of nitrogens with zero attached hydrogens (tertiary/aromatic N) is 1. The van der Waals surface area contributed by atoms with Crippen molar-refractivity contribution in [3.05, 3.63) is 71.9 Å². The van der Waals surface area contributed by atoms with E-state index >= 15 is 0 Å². The van der Waals surface area contributed by atoms with E-state index in [0.717, 1.165) is 22.0 Å². The van der Waals surface area contributed by atoms with Gasteiger partial charge >= 0.3 is 5.97 Å². The molecular weight excluding hydrogens is 514 g/mol. The Hall–Kier alpha value is -4.22. The van der Waals surface area contributed by atoms with E-state index < -0.39 is 48.1 Å². The second-order valence-electron chi connectivity index (χ2n) is 10.2. The summed E-state index contributed by atoms with van der Waals surface area (Å²) in [6, 6.07) is 12.3. The lowest BCUT2D eigenvalue weighted by molar-refractivity contribution is -0.145. The molecule has 0 saturated carbocycles. The molecule has 3 amide bonds. The third-order valence-corrected chi connectivity index (χ3v) is 7.23. The van der Waals surface area contributed by atoms with Gasteiger partial charge in [-0.25, -0.2) is 4.79 Å². The van der Waals surface area contributed by atoms with Gasteiger partial charge in [-0.2, -0.15) is 0 Å². The number of carboxylic acids is 1. The summed E-state index contributed by atoms with van der Waals surface area (Å²) in [4.78, 5) is 56.1. The molecule has 5 atom stereocenters. The van der Waals surface area contributed by atoms with E-state index in [2.05, 4.69) is 15.6 Å². The lowest BCUT2D eigenvalue weighted by atomic mass is 10.0. The number of carboxylic acid groups (broad SMARTS) is 1. The number of amides is 3. The Kier molecular flexibility index (Phi) is 9.18. The number of aromatic nitrogens is 1. The zero-order valence-electron chi connectivity index (χ0n) is 22.2. The van der Waals surface area contributed by atoms with Crippen LogP contribution in [0, 0.1) is 0 Å². The van der Waals surface area contributed by atoms with E-state index in [-0.39, 0.29) is 12.3 Å². The Morgan fingerprint density at radius 1 is 1.05 bits per heavy atom. The molecule has 1 aromatic heterocycles. The first-order valence-corrected chi connectivity index (χ1v) is 13.3. The highest BCUT2D eigenvalue weighted by Gasteiger charge is 2.38. The monoisotopic (exact) mass is 549 g/mol. The topological polar surface area (TPSA) is 178 Å². The molecule has 3 aromatic rings. The van der Waals surface area contributed by atoms with Crippen LogP contribution < -0.4 is 16.4 Å². The summed E-state index contributed by atoms with van der Waals surface area (Å²) < 4.78 is 0. The van der Waals surface area contributed by atoms with Gasteiger partial charge in [-0.1, -0.05) is 48.5 Å². The van der Waals surface area contributed by atoms with Gasteiger partial charge in [-0.15, -0.1) is 0 Å². The Morgan fingerprint density at radius 3 is 2.45 bits per heavy atom. The first-order valence-electron chi connectivity index (χ1n) is 13.3. The number of H-pyrrole nitrogens is 1. The number of aromatic amines is 1. The minimum atomic E-state index is -1.55. The Labute approximate surface area is 231 Å². The van der Waals surface area contributed by atoms with Crippen LogP contribution in [0.15, 0.2) is 60.8 Å². The average Bonchev–Trinajstić information content (AvgIpc) is 3.59. The fraction of sp³-hybridized carbons (Fsp3) is 0.379. The third-order valence-electron chi connectivity index (χ3n) is 7.23. The molecule has 1 aliphatic heterocycles. The van der Waals surface area contributed by atoms with Crippen molar-refractivity contribution in [2.75, 3.05) is 6.54 Å². The van der Waals surface area contributed by atoms with Crippen LogP contribution in [-0.2, 0) is 32.0 Å². The molecule has 4 rings (SSSR count). The first kappa shape index (κ1) is 28.8. The molecule has 2 heterocycles. The predicted octanol–water partition coefficient (Wildman–Crippen LogP) is 0.706. The number of aliphatic hydroxyl groups is 1. The van der Waals surface area contributed by atoms with Crippen LogP contribution in [0.4, 0.5) is 0 Å². The third kappa shape index (κ3) is 6.67. The largest absolute Gasteiger partial charge is 0.480 e. The fourth-order valence-corrected chi connectivity index (χ4v) is 5.11. The van der Waals surface area contributed by atoms with Gasteiger partial charge in [0, 0.05) is 30.1 Å². The van der Waals surface area contributed by atoms with Crippen LogP contribution in [0.5, 0.6) is 0 Å². The Bertz CT molecular complexity index is 1360. The molecule has 0 radical (unpaired) electrons. The summed E-state index contributed by atoms with van der Waals surface area (Å²) >= 11 is 0. The molecule has 212 valence electrons. The maximum atomic E-state index is 13.4. The molecule has 0 bridgehead atoms. The van der Waals surface area contributed by atoms with Crippen LogP contribution in [0.25, 0.3) is 10.9 Å². The van der Waals surface area contributed by atoms with Crippen molar-refractivity contribution in [3.63, 3.8) is 0 Å². The molecule has 1 aliphatic rings. The van der Waals surface area contributed by atoms with Crippen molar-refractivity contribution in [2.24, 2.45) is 5.73 Å². The minimum absolute atomic E-state index is 0.0886.